The summed E-state index contributed by atoms with van der Waals surface area (Å²) in [7, 11) is 0. The zero-order valence-corrected chi connectivity index (χ0v) is 8.80. The monoisotopic (exact) mass is 222 g/mol. The van der Waals surface area contributed by atoms with Crippen LogP contribution in [0.3, 0.4) is 0 Å². The van der Waals surface area contributed by atoms with E-state index in [0.717, 1.165) is 0 Å². The fourth-order valence-corrected chi connectivity index (χ4v) is 1.52. The van der Waals surface area contributed by atoms with Gasteiger partial charge in [0, 0.05) is 13.0 Å². The SMILES string of the molecule is Cc1nc2cc(C(C)O)cc([N+](=O)[O-])c2o1. The van der Waals surface area contributed by atoms with Crippen LogP contribution < -0.4 is 0 Å². The summed E-state index contributed by atoms with van der Waals surface area (Å²) in [6.07, 6.45) is -0.778. The molecule has 1 aromatic heterocycles. The molecule has 2 rings (SSSR count). The molecule has 0 saturated carbocycles. The van der Waals surface area contributed by atoms with Crippen LogP contribution in [0.5, 0.6) is 0 Å². The molecule has 84 valence electrons. The molecule has 0 spiro atoms. The molecule has 2 aromatic rings. The summed E-state index contributed by atoms with van der Waals surface area (Å²) in [6, 6.07) is 2.89. The normalized spacial score (nSPS) is 12.9. The Balaban J connectivity index is 2.78. The van der Waals surface area contributed by atoms with E-state index in [2.05, 4.69) is 4.98 Å². The quantitative estimate of drug-likeness (QED) is 0.620. The van der Waals surface area contributed by atoms with Crippen molar-refractivity contribution in [1.82, 2.24) is 4.98 Å². The number of aromatic nitrogens is 1. The lowest BCUT2D eigenvalue weighted by Crippen LogP contribution is -1.95. The molecule has 1 atom stereocenters. The Morgan fingerprint density at radius 3 is 2.81 bits per heavy atom. The number of non-ortho nitro benzene ring substituents is 1. The summed E-state index contributed by atoms with van der Waals surface area (Å²) in [5.74, 6) is 0.362. The van der Waals surface area contributed by atoms with Crippen molar-refractivity contribution in [3.63, 3.8) is 0 Å². The highest BCUT2D eigenvalue weighted by Gasteiger charge is 2.20. The first kappa shape index (κ1) is 10.6. The number of benzene rings is 1. The van der Waals surface area contributed by atoms with Gasteiger partial charge in [0.15, 0.2) is 5.89 Å². The maximum absolute atomic E-state index is 10.8. The minimum Gasteiger partial charge on any atom is -0.434 e. The molecule has 1 N–H and O–H groups in total. The van der Waals surface area contributed by atoms with Crippen LogP contribution in [0.25, 0.3) is 11.1 Å². The van der Waals surface area contributed by atoms with Crippen LogP contribution in [0.15, 0.2) is 16.5 Å². The molecule has 6 heteroatoms. The Kier molecular flexibility index (Phi) is 2.35. The van der Waals surface area contributed by atoms with Crippen molar-refractivity contribution in [3.05, 3.63) is 33.7 Å². The van der Waals surface area contributed by atoms with Gasteiger partial charge in [-0.25, -0.2) is 4.98 Å². The van der Waals surface area contributed by atoms with E-state index in [9.17, 15) is 15.2 Å². The lowest BCUT2D eigenvalue weighted by atomic mass is 10.1. The molecule has 16 heavy (non-hydrogen) atoms. The molecule has 0 aliphatic heterocycles. The lowest BCUT2D eigenvalue weighted by Gasteiger charge is -2.03. The first-order chi connectivity index (χ1) is 7.49. The number of nitro groups is 1. The molecule has 1 heterocycles. The average molecular weight is 222 g/mol. The van der Waals surface area contributed by atoms with Crippen molar-refractivity contribution < 1.29 is 14.4 Å². The third-order valence-corrected chi connectivity index (χ3v) is 2.28. The van der Waals surface area contributed by atoms with Gasteiger partial charge >= 0.3 is 5.69 Å². The molecule has 0 saturated heterocycles. The number of hydrogen-bond donors (Lipinski definition) is 1. The van der Waals surface area contributed by atoms with Crippen LogP contribution in [-0.2, 0) is 0 Å². The molecular weight excluding hydrogens is 212 g/mol. The van der Waals surface area contributed by atoms with Crippen molar-refractivity contribution in [1.29, 1.82) is 0 Å². The highest BCUT2D eigenvalue weighted by atomic mass is 16.6. The van der Waals surface area contributed by atoms with Crippen molar-refractivity contribution in [2.45, 2.75) is 20.0 Å². The number of aliphatic hydroxyl groups is 1. The van der Waals surface area contributed by atoms with E-state index >= 15 is 0 Å². The smallest absolute Gasteiger partial charge is 0.314 e. The standard InChI is InChI=1S/C10H10N2O4/c1-5(13)7-3-8-10(16-6(2)11-8)9(4-7)12(14)15/h3-5,13H,1-2H3. The van der Waals surface area contributed by atoms with E-state index in [1.807, 2.05) is 0 Å². The molecule has 1 aromatic carbocycles. The summed E-state index contributed by atoms with van der Waals surface area (Å²) < 4.78 is 5.16. The Labute approximate surface area is 90.7 Å². The number of fused-ring (bicyclic) bond motifs is 1. The predicted molar refractivity (Wildman–Crippen MR) is 56.0 cm³/mol. The first-order valence-corrected chi connectivity index (χ1v) is 4.72. The van der Waals surface area contributed by atoms with Crippen LogP contribution in [0.2, 0.25) is 0 Å². The van der Waals surface area contributed by atoms with Gasteiger partial charge in [-0.3, -0.25) is 10.1 Å². The fourth-order valence-electron chi connectivity index (χ4n) is 1.52. The summed E-state index contributed by atoms with van der Waals surface area (Å²) in [5, 5.41) is 20.3. The predicted octanol–water partition coefficient (Wildman–Crippen LogP) is 2.10. The van der Waals surface area contributed by atoms with Crippen LogP contribution in [0.4, 0.5) is 5.69 Å². The Morgan fingerprint density at radius 2 is 2.25 bits per heavy atom. The Hall–Kier alpha value is -1.95. The average Bonchev–Trinajstić information content (AvgIpc) is 2.55. The van der Waals surface area contributed by atoms with Gasteiger partial charge in [0.1, 0.15) is 5.52 Å². The summed E-state index contributed by atoms with van der Waals surface area (Å²) in [6.45, 7) is 3.16. The van der Waals surface area contributed by atoms with Gasteiger partial charge < -0.3 is 9.52 Å². The zero-order valence-electron chi connectivity index (χ0n) is 8.80. The highest BCUT2D eigenvalue weighted by Crippen LogP contribution is 2.30. The molecule has 0 aliphatic rings. The lowest BCUT2D eigenvalue weighted by molar-refractivity contribution is -0.383. The van der Waals surface area contributed by atoms with E-state index in [1.165, 1.54) is 13.0 Å². The molecular formula is C10H10N2O4. The van der Waals surface area contributed by atoms with Crippen LogP contribution in [-0.4, -0.2) is 15.0 Å². The summed E-state index contributed by atoms with van der Waals surface area (Å²) >= 11 is 0. The van der Waals surface area contributed by atoms with Gasteiger partial charge in [-0.1, -0.05) is 0 Å². The second-order valence-electron chi connectivity index (χ2n) is 3.55. The number of nitro benzene ring substituents is 1. The highest BCUT2D eigenvalue weighted by molar-refractivity contribution is 5.83. The van der Waals surface area contributed by atoms with E-state index in [4.69, 9.17) is 4.42 Å². The number of oxazole rings is 1. The van der Waals surface area contributed by atoms with Crippen molar-refractivity contribution in [3.8, 4) is 0 Å². The molecule has 1 unspecified atom stereocenters. The molecule has 6 nitrogen and oxygen atoms in total. The van der Waals surface area contributed by atoms with Gasteiger partial charge in [-0.05, 0) is 18.6 Å². The van der Waals surface area contributed by atoms with Crippen LogP contribution >= 0.6 is 0 Å². The largest absolute Gasteiger partial charge is 0.434 e. The van der Waals surface area contributed by atoms with Gasteiger partial charge in [0.05, 0.1) is 11.0 Å². The van der Waals surface area contributed by atoms with E-state index < -0.39 is 11.0 Å². The minimum absolute atomic E-state index is 0.145. The van der Waals surface area contributed by atoms with Crippen molar-refractivity contribution in [2.75, 3.05) is 0 Å². The number of aryl methyl sites for hydroxylation is 1. The Morgan fingerprint density at radius 1 is 1.56 bits per heavy atom. The van der Waals surface area contributed by atoms with Gasteiger partial charge in [-0.2, -0.15) is 0 Å². The summed E-state index contributed by atoms with van der Waals surface area (Å²) in [4.78, 5) is 14.3. The van der Waals surface area contributed by atoms with Crippen molar-refractivity contribution in [2.24, 2.45) is 0 Å². The fraction of sp³-hybridized carbons (Fsp3) is 0.300. The van der Waals surface area contributed by atoms with Crippen LogP contribution in [0.1, 0.15) is 24.5 Å². The molecule has 0 fully saturated rings. The molecule has 0 bridgehead atoms. The molecule has 0 amide bonds. The van der Waals surface area contributed by atoms with Crippen molar-refractivity contribution >= 4 is 16.8 Å². The third kappa shape index (κ3) is 1.63. The number of hydrogen-bond acceptors (Lipinski definition) is 5. The number of aliphatic hydroxyl groups excluding tert-OH is 1. The second-order valence-corrected chi connectivity index (χ2v) is 3.55. The first-order valence-electron chi connectivity index (χ1n) is 4.72. The maximum atomic E-state index is 10.8. The topological polar surface area (TPSA) is 89.4 Å². The summed E-state index contributed by atoms with van der Waals surface area (Å²) in [5.41, 5.74) is 0.816. The van der Waals surface area contributed by atoms with Crippen LogP contribution in [0, 0.1) is 17.0 Å². The second kappa shape index (κ2) is 3.57. The maximum Gasteiger partial charge on any atom is 0.314 e. The molecule has 0 aliphatic carbocycles. The van der Waals surface area contributed by atoms with E-state index in [1.54, 1.807) is 13.0 Å². The van der Waals surface area contributed by atoms with E-state index in [0.29, 0.717) is 17.0 Å². The van der Waals surface area contributed by atoms with Gasteiger partial charge in [0.2, 0.25) is 5.58 Å². The zero-order chi connectivity index (χ0) is 11.9. The number of nitrogens with zero attached hydrogens (tertiary/aromatic N) is 2. The van der Waals surface area contributed by atoms with Gasteiger partial charge in [0.25, 0.3) is 0 Å². The third-order valence-electron chi connectivity index (χ3n) is 2.28. The minimum atomic E-state index is -0.778. The molecule has 0 radical (unpaired) electrons. The van der Waals surface area contributed by atoms with Gasteiger partial charge in [-0.15, -0.1) is 0 Å². The number of rotatable bonds is 2. The van der Waals surface area contributed by atoms with E-state index in [-0.39, 0.29) is 11.3 Å². The Bertz CT molecular complexity index is 559.